The molecule has 0 spiro atoms. The van der Waals surface area contributed by atoms with Crippen LogP contribution in [0.1, 0.15) is 131 Å². The minimum atomic E-state index is 0. The predicted octanol–water partition coefficient (Wildman–Crippen LogP) is 9.87. The molecule has 0 nitrogen and oxygen atoms in total. The summed E-state index contributed by atoms with van der Waals surface area (Å²) >= 11 is 0. The summed E-state index contributed by atoms with van der Waals surface area (Å²) in [5.74, 6) is 2.51. The molecule has 0 rings (SSSR count). The highest BCUT2D eigenvalue weighted by Gasteiger charge is 2.13. The van der Waals surface area contributed by atoms with Crippen LogP contribution in [0, 0.1) is 34.0 Å². The molecule has 0 aliphatic heterocycles. The molecule has 0 bridgehead atoms. The zero-order valence-electron chi connectivity index (χ0n) is 20.4. The predicted molar refractivity (Wildman–Crippen MR) is 123 cm³/mol. The monoisotopic (exact) mass is 358 g/mol. The third-order valence-corrected chi connectivity index (χ3v) is 4.22. The van der Waals surface area contributed by atoms with Gasteiger partial charge in [0.15, 0.2) is 0 Å². The maximum Gasteiger partial charge on any atom is -0.0360 e. The molecule has 0 saturated carbocycles. The van der Waals surface area contributed by atoms with Crippen molar-refractivity contribution < 1.29 is 0 Å². The van der Waals surface area contributed by atoms with Crippen molar-refractivity contribution in [3.63, 3.8) is 0 Å². The van der Waals surface area contributed by atoms with Crippen LogP contribution in [-0.4, -0.2) is 0 Å². The van der Waals surface area contributed by atoms with Gasteiger partial charge in [-0.3, -0.25) is 0 Å². The fourth-order valence-corrected chi connectivity index (χ4v) is 1.95. The molecule has 25 heavy (non-hydrogen) atoms. The fraction of sp³-hybridized carbons (Fsp3) is 1.00. The summed E-state index contributed by atoms with van der Waals surface area (Å²) in [6, 6.07) is 0. The second-order valence-electron chi connectivity index (χ2n) is 12.2. The lowest BCUT2D eigenvalue weighted by atomic mass is 9.84. The molecular formula is C25H58. The molecule has 0 aromatic heterocycles. The van der Waals surface area contributed by atoms with Crippen LogP contribution in [0.25, 0.3) is 0 Å². The van der Waals surface area contributed by atoms with Crippen LogP contribution in [0.15, 0.2) is 0 Å². The number of hydrogen-bond donors (Lipinski definition) is 0. The molecule has 0 atom stereocenters. The molecule has 0 unspecified atom stereocenters. The van der Waals surface area contributed by atoms with Gasteiger partial charge in [0.05, 0.1) is 0 Å². The van der Waals surface area contributed by atoms with E-state index in [9.17, 15) is 0 Å². The minimum Gasteiger partial charge on any atom is -0.0776 e. The van der Waals surface area contributed by atoms with E-state index in [4.69, 9.17) is 0 Å². The van der Waals surface area contributed by atoms with Crippen LogP contribution < -0.4 is 0 Å². The van der Waals surface area contributed by atoms with Gasteiger partial charge in [-0.15, -0.1) is 0 Å². The molecule has 0 saturated heterocycles. The van der Waals surface area contributed by atoms with Gasteiger partial charge in [0.2, 0.25) is 0 Å². The lowest BCUT2D eigenvalue weighted by molar-refractivity contribution is 0.283. The molecule has 158 valence electrons. The summed E-state index contributed by atoms with van der Waals surface area (Å²) in [5, 5.41) is 0. The maximum atomic E-state index is 2.30. The van der Waals surface area contributed by atoms with Gasteiger partial charge < -0.3 is 0 Å². The summed E-state index contributed by atoms with van der Waals surface area (Å²) in [4.78, 5) is 0. The Kier molecular flexibility index (Phi) is 18.4. The highest BCUT2D eigenvalue weighted by molar-refractivity contribution is 4.64. The first-order valence-corrected chi connectivity index (χ1v) is 10.3. The Hall–Kier alpha value is 0. The van der Waals surface area contributed by atoms with Gasteiger partial charge in [0.25, 0.3) is 0 Å². The van der Waals surface area contributed by atoms with E-state index in [1.165, 1.54) is 19.3 Å². The quantitative estimate of drug-likeness (QED) is 0.470. The van der Waals surface area contributed by atoms with Crippen molar-refractivity contribution in [1.29, 1.82) is 0 Å². The average molecular weight is 359 g/mol. The Morgan fingerprint density at radius 2 is 0.880 bits per heavy atom. The molecular weight excluding hydrogens is 300 g/mol. The molecule has 0 aromatic rings. The second-order valence-corrected chi connectivity index (χ2v) is 12.2. The molecule has 0 aliphatic carbocycles. The number of hydrogen-bond acceptors (Lipinski definition) is 0. The van der Waals surface area contributed by atoms with Gasteiger partial charge in [0, 0.05) is 0 Å². The van der Waals surface area contributed by atoms with Crippen molar-refractivity contribution in [2.75, 3.05) is 0 Å². The molecule has 0 amide bonds. The van der Waals surface area contributed by atoms with E-state index in [1.807, 2.05) is 0 Å². The van der Waals surface area contributed by atoms with Gasteiger partial charge >= 0.3 is 0 Å². The molecule has 0 radical (unpaired) electrons. The van der Waals surface area contributed by atoms with Crippen molar-refractivity contribution in [3.05, 3.63) is 0 Å². The standard InChI is InChI=1S/C9H20.C8H18.C7H16.CH4/c1-8(2)6-7-9(3,4)5;1-7(2)6-8(3,4)5;1-6(2)7(3,4)5;/h8H,6-7H2,1-5H3;7H,6H2,1-5H3;6H,1-5H3;1H4. The van der Waals surface area contributed by atoms with Crippen LogP contribution in [0.5, 0.6) is 0 Å². The largest absolute Gasteiger partial charge is 0.0776 e. The van der Waals surface area contributed by atoms with E-state index >= 15 is 0 Å². The van der Waals surface area contributed by atoms with E-state index in [0.717, 1.165) is 17.8 Å². The number of rotatable bonds is 3. The topological polar surface area (TPSA) is 0 Å². The van der Waals surface area contributed by atoms with Crippen molar-refractivity contribution in [2.24, 2.45) is 34.0 Å². The van der Waals surface area contributed by atoms with Gasteiger partial charge in [0.1, 0.15) is 0 Å². The van der Waals surface area contributed by atoms with Crippen molar-refractivity contribution in [3.8, 4) is 0 Å². The average Bonchev–Trinajstić information content (AvgIpc) is 2.22. The first kappa shape index (κ1) is 32.7. The van der Waals surface area contributed by atoms with E-state index in [-0.39, 0.29) is 7.43 Å². The lowest BCUT2D eigenvalue weighted by Crippen LogP contribution is -2.12. The summed E-state index contributed by atoms with van der Waals surface area (Å²) in [6.45, 7) is 34.1. The Bertz CT molecular complexity index is 260. The Balaban J connectivity index is -0.000000131. The van der Waals surface area contributed by atoms with E-state index < -0.39 is 0 Å². The fourth-order valence-electron chi connectivity index (χ4n) is 1.95. The zero-order chi connectivity index (χ0) is 20.4. The molecule has 0 aliphatic rings. The summed E-state index contributed by atoms with van der Waals surface area (Å²) in [5.41, 5.74) is 1.55. The highest BCUT2D eigenvalue weighted by Crippen LogP contribution is 2.24. The summed E-state index contributed by atoms with van der Waals surface area (Å²) in [7, 11) is 0. The molecule has 0 N–H and O–H groups in total. The molecule has 0 heterocycles. The van der Waals surface area contributed by atoms with Crippen LogP contribution in [0.3, 0.4) is 0 Å². The lowest BCUT2D eigenvalue weighted by Gasteiger charge is -2.22. The van der Waals surface area contributed by atoms with Crippen molar-refractivity contribution in [2.45, 2.75) is 131 Å². The van der Waals surface area contributed by atoms with Gasteiger partial charge in [-0.05, 0) is 46.8 Å². The van der Waals surface area contributed by atoms with Crippen LogP contribution >= 0.6 is 0 Å². The Labute approximate surface area is 165 Å². The van der Waals surface area contributed by atoms with Gasteiger partial charge in [-0.2, -0.15) is 0 Å². The molecule has 0 fully saturated rings. The smallest absolute Gasteiger partial charge is 0.0360 e. The zero-order valence-corrected chi connectivity index (χ0v) is 20.4. The van der Waals surface area contributed by atoms with E-state index in [1.54, 1.807) is 0 Å². The first-order valence-electron chi connectivity index (χ1n) is 10.3. The van der Waals surface area contributed by atoms with Gasteiger partial charge in [-0.1, -0.05) is 118 Å². The van der Waals surface area contributed by atoms with Crippen LogP contribution in [0.2, 0.25) is 0 Å². The van der Waals surface area contributed by atoms with Crippen molar-refractivity contribution >= 4 is 0 Å². The third-order valence-electron chi connectivity index (χ3n) is 4.22. The van der Waals surface area contributed by atoms with Gasteiger partial charge in [-0.25, -0.2) is 0 Å². The summed E-state index contributed by atoms with van der Waals surface area (Å²) < 4.78 is 0. The normalized spacial score (nSPS) is 12.2. The highest BCUT2D eigenvalue weighted by atomic mass is 14.2. The minimum absolute atomic E-state index is 0. The van der Waals surface area contributed by atoms with Crippen LogP contribution in [-0.2, 0) is 0 Å². The summed E-state index contributed by atoms with van der Waals surface area (Å²) in [6.07, 6.45) is 4.04. The Morgan fingerprint density at radius 3 is 0.920 bits per heavy atom. The van der Waals surface area contributed by atoms with E-state index in [0.29, 0.717) is 16.2 Å². The van der Waals surface area contributed by atoms with Crippen LogP contribution in [0.4, 0.5) is 0 Å². The molecule has 0 heteroatoms. The second kappa shape index (κ2) is 14.1. The third kappa shape index (κ3) is 40.2. The first-order chi connectivity index (χ1) is 10.3. The van der Waals surface area contributed by atoms with E-state index in [2.05, 4.69) is 104 Å². The molecule has 0 aromatic carbocycles. The Morgan fingerprint density at radius 1 is 0.560 bits per heavy atom. The SMILES string of the molecule is C.CC(C)C(C)(C)C.CC(C)CC(C)(C)C.CC(C)CCC(C)(C)C. The van der Waals surface area contributed by atoms with Crippen molar-refractivity contribution in [1.82, 2.24) is 0 Å². The maximum absolute atomic E-state index is 2.30.